The quantitative estimate of drug-likeness (QED) is 0.808. The number of piperazine rings is 1. The average Bonchev–Trinajstić information content (AvgIpc) is 2.91. The molecule has 3 rings (SSSR count). The predicted octanol–water partition coefficient (Wildman–Crippen LogP) is 0.737. The summed E-state index contributed by atoms with van der Waals surface area (Å²) >= 11 is 1.50. The van der Waals surface area contributed by atoms with Gasteiger partial charge < -0.3 is 9.80 Å². The molecule has 3 heterocycles. The van der Waals surface area contributed by atoms with Gasteiger partial charge in [-0.25, -0.2) is 0 Å². The summed E-state index contributed by atoms with van der Waals surface area (Å²) in [5, 5.41) is 1.94. The molecular weight excluding hydrogens is 274 g/mol. The summed E-state index contributed by atoms with van der Waals surface area (Å²) in [7, 11) is 0. The highest BCUT2D eigenvalue weighted by molar-refractivity contribution is 7.12. The monoisotopic (exact) mass is 293 g/mol. The van der Waals surface area contributed by atoms with Crippen LogP contribution in [0.3, 0.4) is 0 Å². The maximum absolute atomic E-state index is 12.1. The second-order valence-corrected chi connectivity index (χ2v) is 6.33. The van der Waals surface area contributed by atoms with E-state index in [0.717, 1.165) is 44.1 Å². The van der Waals surface area contributed by atoms with Gasteiger partial charge in [-0.3, -0.25) is 14.5 Å². The van der Waals surface area contributed by atoms with E-state index in [1.165, 1.54) is 11.3 Å². The van der Waals surface area contributed by atoms with Gasteiger partial charge in [0.25, 0.3) is 5.91 Å². The zero-order chi connectivity index (χ0) is 14.1. The van der Waals surface area contributed by atoms with Crippen molar-refractivity contribution in [1.82, 2.24) is 14.7 Å². The molecule has 0 atom stereocenters. The maximum Gasteiger partial charge on any atom is 0.264 e. The van der Waals surface area contributed by atoms with Crippen molar-refractivity contribution >= 4 is 23.2 Å². The summed E-state index contributed by atoms with van der Waals surface area (Å²) in [6, 6.07) is 4.26. The van der Waals surface area contributed by atoms with Crippen LogP contribution in [0.15, 0.2) is 17.5 Å². The third kappa shape index (κ3) is 2.58. The molecule has 0 radical (unpaired) electrons. The Morgan fingerprint density at radius 2 is 1.85 bits per heavy atom. The lowest BCUT2D eigenvalue weighted by atomic mass is 10.1. The zero-order valence-corrected chi connectivity index (χ0v) is 12.4. The number of hydrogen-bond donors (Lipinski definition) is 0. The Labute approximate surface area is 122 Å². The molecule has 1 aromatic rings. The van der Waals surface area contributed by atoms with Crippen LogP contribution in [0.2, 0.25) is 0 Å². The number of nitrogens with zero attached hydrogens (tertiary/aromatic N) is 3. The van der Waals surface area contributed by atoms with E-state index in [0.29, 0.717) is 6.04 Å². The van der Waals surface area contributed by atoms with Crippen LogP contribution in [0.4, 0.5) is 0 Å². The highest BCUT2D eigenvalue weighted by atomic mass is 32.1. The first kappa shape index (κ1) is 13.6. The molecule has 1 aromatic heterocycles. The van der Waals surface area contributed by atoms with E-state index in [1.54, 1.807) is 6.92 Å². The molecule has 0 spiro atoms. The molecule has 0 saturated carbocycles. The van der Waals surface area contributed by atoms with Crippen molar-refractivity contribution in [3.8, 4) is 0 Å². The zero-order valence-electron chi connectivity index (χ0n) is 11.6. The number of hydrogen-bond acceptors (Lipinski definition) is 4. The lowest BCUT2D eigenvalue weighted by molar-refractivity contribution is -0.131. The third-order valence-corrected chi connectivity index (χ3v) is 5.02. The first-order valence-electron chi connectivity index (χ1n) is 6.97. The van der Waals surface area contributed by atoms with Crippen LogP contribution in [0, 0.1) is 0 Å². The molecule has 20 heavy (non-hydrogen) atoms. The summed E-state index contributed by atoms with van der Waals surface area (Å²) in [6.07, 6.45) is 0. The van der Waals surface area contributed by atoms with Crippen LogP contribution in [0.25, 0.3) is 0 Å². The van der Waals surface area contributed by atoms with E-state index >= 15 is 0 Å². The van der Waals surface area contributed by atoms with Crippen molar-refractivity contribution < 1.29 is 9.59 Å². The molecule has 6 heteroatoms. The van der Waals surface area contributed by atoms with Crippen LogP contribution < -0.4 is 0 Å². The van der Waals surface area contributed by atoms with Gasteiger partial charge in [-0.15, -0.1) is 11.3 Å². The lowest BCUT2D eigenvalue weighted by Crippen LogP contribution is -2.64. The predicted molar refractivity (Wildman–Crippen MR) is 77.8 cm³/mol. The van der Waals surface area contributed by atoms with E-state index < -0.39 is 0 Å². The fourth-order valence-corrected chi connectivity index (χ4v) is 3.50. The van der Waals surface area contributed by atoms with Crippen LogP contribution >= 0.6 is 11.3 Å². The normalized spacial score (nSPS) is 20.9. The molecule has 0 unspecified atom stereocenters. The minimum Gasteiger partial charge on any atom is -0.340 e. The van der Waals surface area contributed by atoms with Gasteiger partial charge in [-0.2, -0.15) is 0 Å². The fourth-order valence-electron chi connectivity index (χ4n) is 2.81. The molecule has 0 aromatic carbocycles. The number of carbonyl (C=O) groups excluding carboxylic acids is 2. The minimum absolute atomic E-state index is 0.152. The van der Waals surface area contributed by atoms with Crippen molar-refractivity contribution in [2.24, 2.45) is 0 Å². The standard InChI is InChI=1S/C14H19N3O2S/c1-11(18)15-4-6-16(7-5-15)12-9-17(10-12)14(19)13-3-2-8-20-13/h2-3,8,12H,4-7,9-10H2,1H3. The Morgan fingerprint density at radius 3 is 2.40 bits per heavy atom. The molecule has 0 bridgehead atoms. The minimum atomic E-state index is 0.152. The molecule has 0 aliphatic carbocycles. The largest absolute Gasteiger partial charge is 0.340 e. The molecule has 5 nitrogen and oxygen atoms in total. The SMILES string of the molecule is CC(=O)N1CCN(C2CN(C(=O)c3cccs3)C2)CC1. The van der Waals surface area contributed by atoms with Crippen molar-refractivity contribution in [1.29, 1.82) is 0 Å². The second kappa shape index (κ2) is 5.54. The summed E-state index contributed by atoms with van der Waals surface area (Å²) in [4.78, 5) is 30.4. The molecule has 2 aliphatic heterocycles. The summed E-state index contributed by atoms with van der Waals surface area (Å²) in [6.45, 7) is 6.72. The van der Waals surface area contributed by atoms with E-state index in [-0.39, 0.29) is 11.8 Å². The Morgan fingerprint density at radius 1 is 1.15 bits per heavy atom. The van der Waals surface area contributed by atoms with Crippen LogP contribution in [-0.4, -0.2) is 71.8 Å². The molecule has 108 valence electrons. The summed E-state index contributed by atoms with van der Waals surface area (Å²) in [5.41, 5.74) is 0. The summed E-state index contributed by atoms with van der Waals surface area (Å²) < 4.78 is 0. The van der Waals surface area contributed by atoms with Crippen LogP contribution in [0.1, 0.15) is 16.6 Å². The molecule has 2 amide bonds. The van der Waals surface area contributed by atoms with Gasteiger partial charge in [-0.05, 0) is 11.4 Å². The third-order valence-electron chi connectivity index (χ3n) is 4.16. The average molecular weight is 293 g/mol. The smallest absolute Gasteiger partial charge is 0.264 e. The van der Waals surface area contributed by atoms with Crippen LogP contribution in [0.5, 0.6) is 0 Å². The maximum atomic E-state index is 12.1. The van der Waals surface area contributed by atoms with Gasteiger partial charge in [-0.1, -0.05) is 6.07 Å². The molecular formula is C14H19N3O2S. The molecule has 2 aliphatic rings. The van der Waals surface area contributed by atoms with Crippen LogP contribution in [-0.2, 0) is 4.79 Å². The topological polar surface area (TPSA) is 43.9 Å². The van der Waals surface area contributed by atoms with E-state index in [4.69, 9.17) is 0 Å². The first-order chi connectivity index (χ1) is 9.65. The van der Waals surface area contributed by atoms with E-state index in [9.17, 15) is 9.59 Å². The van der Waals surface area contributed by atoms with E-state index in [1.807, 2.05) is 27.3 Å². The van der Waals surface area contributed by atoms with E-state index in [2.05, 4.69) is 4.90 Å². The number of amides is 2. The van der Waals surface area contributed by atoms with Crippen molar-refractivity contribution in [3.05, 3.63) is 22.4 Å². The Bertz CT molecular complexity index is 489. The van der Waals surface area contributed by atoms with Crippen molar-refractivity contribution in [2.75, 3.05) is 39.3 Å². The lowest BCUT2D eigenvalue weighted by Gasteiger charge is -2.47. The number of carbonyl (C=O) groups is 2. The van der Waals surface area contributed by atoms with Crippen molar-refractivity contribution in [3.63, 3.8) is 0 Å². The van der Waals surface area contributed by atoms with Crippen molar-refractivity contribution in [2.45, 2.75) is 13.0 Å². The van der Waals surface area contributed by atoms with Gasteiger partial charge in [0, 0.05) is 52.2 Å². The molecule has 2 fully saturated rings. The van der Waals surface area contributed by atoms with Gasteiger partial charge >= 0.3 is 0 Å². The number of rotatable bonds is 2. The Hall–Kier alpha value is -1.40. The highest BCUT2D eigenvalue weighted by Gasteiger charge is 2.36. The van der Waals surface area contributed by atoms with Gasteiger partial charge in [0.1, 0.15) is 0 Å². The number of likely N-dealkylation sites (tertiary alicyclic amines) is 1. The number of thiophene rings is 1. The Kier molecular flexibility index (Phi) is 3.76. The van der Waals surface area contributed by atoms with Gasteiger partial charge in [0.2, 0.25) is 5.91 Å². The Balaban J connectivity index is 1.47. The second-order valence-electron chi connectivity index (χ2n) is 5.38. The first-order valence-corrected chi connectivity index (χ1v) is 7.85. The molecule has 0 N–H and O–H groups in total. The molecule has 2 saturated heterocycles. The highest BCUT2D eigenvalue weighted by Crippen LogP contribution is 2.21. The van der Waals surface area contributed by atoms with Gasteiger partial charge in [0.15, 0.2) is 0 Å². The summed E-state index contributed by atoms with van der Waals surface area (Å²) in [5.74, 6) is 0.311. The fraction of sp³-hybridized carbons (Fsp3) is 0.571. The van der Waals surface area contributed by atoms with Gasteiger partial charge in [0.05, 0.1) is 4.88 Å².